The molecule has 6 nitrogen and oxygen atoms in total. The zero-order chi connectivity index (χ0) is 23.1. The number of piperidine rings is 1. The second-order valence-corrected chi connectivity index (χ2v) is 8.03. The lowest BCUT2D eigenvalue weighted by molar-refractivity contribution is 0.0773. The Morgan fingerprint density at radius 1 is 0.969 bits per heavy atom. The van der Waals surface area contributed by atoms with Crippen LogP contribution in [0, 0.1) is 0 Å². The molecule has 1 aliphatic rings. The third kappa shape index (κ3) is 5.56. The molecule has 3 rings (SSSR count). The standard InChI is InChI=1S/C26H33N3O3/c1-5-29(6-2)25(30)21-12-10-19(11-13-21)24(20-14-16-28(3)17-15-20)22-8-7-9-23(18-22)27-26(31)32-4/h7-13,18H,5-6,14-17H2,1-4H3,(H,27,31). The van der Waals surface area contributed by atoms with Gasteiger partial charge in [-0.05, 0) is 74.7 Å². The molecule has 0 radical (unpaired) electrons. The maximum Gasteiger partial charge on any atom is 0.411 e. The fraction of sp³-hybridized carbons (Fsp3) is 0.385. The number of nitrogens with zero attached hydrogens (tertiary/aromatic N) is 2. The molecule has 1 fully saturated rings. The maximum atomic E-state index is 12.7. The summed E-state index contributed by atoms with van der Waals surface area (Å²) in [5.41, 5.74) is 6.08. The van der Waals surface area contributed by atoms with Crippen LogP contribution in [-0.2, 0) is 4.74 Å². The second kappa shape index (κ2) is 11.0. The quantitative estimate of drug-likeness (QED) is 0.703. The van der Waals surface area contributed by atoms with Crippen molar-refractivity contribution in [1.82, 2.24) is 9.80 Å². The van der Waals surface area contributed by atoms with Crippen LogP contribution in [0.4, 0.5) is 10.5 Å². The van der Waals surface area contributed by atoms with Crippen molar-refractivity contribution in [3.05, 3.63) is 70.8 Å². The molecular formula is C26H33N3O3. The maximum absolute atomic E-state index is 12.7. The molecule has 0 saturated carbocycles. The summed E-state index contributed by atoms with van der Waals surface area (Å²) in [5, 5.41) is 2.76. The van der Waals surface area contributed by atoms with E-state index < -0.39 is 6.09 Å². The van der Waals surface area contributed by atoms with Gasteiger partial charge in [-0.2, -0.15) is 0 Å². The highest BCUT2D eigenvalue weighted by Crippen LogP contribution is 2.33. The van der Waals surface area contributed by atoms with Crippen LogP contribution < -0.4 is 5.32 Å². The molecule has 0 unspecified atom stereocenters. The predicted octanol–water partition coefficient (Wildman–Crippen LogP) is 4.87. The number of carbonyl (C=O) groups is 2. The van der Waals surface area contributed by atoms with E-state index in [9.17, 15) is 9.59 Å². The van der Waals surface area contributed by atoms with Crippen LogP contribution in [0.3, 0.4) is 0 Å². The van der Waals surface area contributed by atoms with Gasteiger partial charge in [-0.1, -0.05) is 29.8 Å². The number of hydrogen-bond acceptors (Lipinski definition) is 4. The van der Waals surface area contributed by atoms with Crippen molar-refractivity contribution in [3.63, 3.8) is 0 Å². The molecule has 2 amide bonds. The van der Waals surface area contributed by atoms with Crippen LogP contribution in [-0.4, -0.2) is 62.1 Å². The molecular weight excluding hydrogens is 402 g/mol. The van der Waals surface area contributed by atoms with Crippen LogP contribution in [0.5, 0.6) is 0 Å². The number of likely N-dealkylation sites (tertiary alicyclic amines) is 1. The minimum Gasteiger partial charge on any atom is -0.453 e. The van der Waals surface area contributed by atoms with E-state index in [0.29, 0.717) is 24.3 Å². The number of hydrogen-bond donors (Lipinski definition) is 1. The first-order valence-corrected chi connectivity index (χ1v) is 11.2. The lowest BCUT2D eigenvalue weighted by Crippen LogP contribution is -2.30. The number of anilines is 1. The lowest BCUT2D eigenvalue weighted by Gasteiger charge is -2.27. The van der Waals surface area contributed by atoms with Crippen LogP contribution in [0.25, 0.3) is 5.57 Å². The van der Waals surface area contributed by atoms with Crippen LogP contribution in [0.2, 0.25) is 0 Å². The van der Waals surface area contributed by atoms with Gasteiger partial charge < -0.3 is 14.5 Å². The number of ether oxygens (including phenoxy) is 1. The summed E-state index contributed by atoms with van der Waals surface area (Å²) in [6, 6.07) is 15.8. The smallest absolute Gasteiger partial charge is 0.411 e. The Morgan fingerprint density at radius 2 is 1.59 bits per heavy atom. The largest absolute Gasteiger partial charge is 0.453 e. The first-order valence-electron chi connectivity index (χ1n) is 11.2. The number of nitrogens with one attached hydrogen (secondary N) is 1. The SMILES string of the molecule is CCN(CC)C(=O)c1ccc(C(=C2CCN(C)CC2)c2cccc(NC(=O)OC)c2)cc1. The summed E-state index contributed by atoms with van der Waals surface area (Å²) in [7, 11) is 3.50. The van der Waals surface area contributed by atoms with Crippen LogP contribution in [0.15, 0.2) is 54.1 Å². The Kier molecular flexibility index (Phi) is 8.06. The van der Waals surface area contributed by atoms with Gasteiger partial charge in [0.05, 0.1) is 7.11 Å². The zero-order valence-electron chi connectivity index (χ0n) is 19.5. The Morgan fingerprint density at radius 3 is 2.19 bits per heavy atom. The van der Waals surface area contributed by atoms with Gasteiger partial charge in [-0.25, -0.2) is 4.79 Å². The van der Waals surface area contributed by atoms with Gasteiger partial charge in [0.25, 0.3) is 5.91 Å². The molecule has 6 heteroatoms. The van der Waals surface area contributed by atoms with E-state index in [1.807, 2.05) is 61.2 Å². The van der Waals surface area contributed by atoms with E-state index in [2.05, 4.69) is 23.3 Å². The van der Waals surface area contributed by atoms with Gasteiger partial charge in [0.2, 0.25) is 0 Å². The number of methoxy groups -OCH3 is 1. The average molecular weight is 436 g/mol. The van der Waals surface area contributed by atoms with Crippen LogP contribution in [0.1, 0.15) is 48.2 Å². The highest BCUT2D eigenvalue weighted by molar-refractivity contribution is 5.95. The summed E-state index contributed by atoms with van der Waals surface area (Å²) in [5.74, 6) is 0.0549. The van der Waals surface area contributed by atoms with E-state index in [4.69, 9.17) is 4.74 Å². The molecule has 0 aliphatic carbocycles. The number of amides is 2. The molecule has 1 aliphatic heterocycles. The fourth-order valence-electron chi connectivity index (χ4n) is 4.11. The van der Waals surface area contributed by atoms with Crippen molar-refractivity contribution < 1.29 is 14.3 Å². The fourth-order valence-corrected chi connectivity index (χ4v) is 4.11. The summed E-state index contributed by atoms with van der Waals surface area (Å²) in [6.45, 7) is 7.40. The topological polar surface area (TPSA) is 61.9 Å². The molecule has 2 aromatic carbocycles. The van der Waals surface area contributed by atoms with Crippen molar-refractivity contribution in [2.24, 2.45) is 0 Å². The van der Waals surface area contributed by atoms with Crippen molar-refractivity contribution >= 4 is 23.3 Å². The van der Waals surface area contributed by atoms with Crippen LogP contribution >= 0.6 is 0 Å². The van der Waals surface area contributed by atoms with E-state index in [-0.39, 0.29) is 5.91 Å². The highest BCUT2D eigenvalue weighted by Gasteiger charge is 2.19. The second-order valence-electron chi connectivity index (χ2n) is 8.03. The first kappa shape index (κ1) is 23.5. The van der Waals surface area contributed by atoms with E-state index >= 15 is 0 Å². The van der Waals surface area contributed by atoms with Crippen molar-refractivity contribution in [2.45, 2.75) is 26.7 Å². The third-order valence-corrected chi connectivity index (χ3v) is 6.00. The van der Waals surface area contributed by atoms with Gasteiger partial charge in [0, 0.05) is 37.4 Å². The average Bonchev–Trinajstić information content (AvgIpc) is 2.82. The molecule has 170 valence electrons. The summed E-state index contributed by atoms with van der Waals surface area (Å²) >= 11 is 0. The summed E-state index contributed by atoms with van der Waals surface area (Å²) in [4.78, 5) is 28.6. The normalized spacial score (nSPS) is 14.1. The molecule has 1 saturated heterocycles. The Bertz CT molecular complexity index is 968. The summed E-state index contributed by atoms with van der Waals surface area (Å²) in [6.07, 6.45) is 1.48. The minimum atomic E-state index is -0.491. The van der Waals surface area contributed by atoms with Gasteiger partial charge in [-0.15, -0.1) is 0 Å². The van der Waals surface area contributed by atoms with Gasteiger partial charge in [-0.3, -0.25) is 10.1 Å². The number of carbonyl (C=O) groups excluding carboxylic acids is 2. The van der Waals surface area contributed by atoms with Crippen molar-refractivity contribution in [2.75, 3.05) is 45.7 Å². The Labute approximate surface area is 190 Å². The summed E-state index contributed by atoms with van der Waals surface area (Å²) < 4.78 is 4.74. The molecule has 2 aromatic rings. The first-order chi connectivity index (χ1) is 15.5. The van der Waals surface area contributed by atoms with E-state index in [1.165, 1.54) is 18.3 Å². The molecule has 0 atom stereocenters. The van der Waals surface area contributed by atoms with Gasteiger partial charge in [0.15, 0.2) is 0 Å². The molecule has 0 spiro atoms. The zero-order valence-corrected chi connectivity index (χ0v) is 19.5. The van der Waals surface area contributed by atoms with E-state index in [1.54, 1.807) is 0 Å². The Balaban J connectivity index is 2.00. The van der Waals surface area contributed by atoms with Crippen molar-refractivity contribution in [1.29, 1.82) is 0 Å². The molecule has 32 heavy (non-hydrogen) atoms. The van der Waals surface area contributed by atoms with Crippen molar-refractivity contribution in [3.8, 4) is 0 Å². The third-order valence-electron chi connectivity index (χ3n) is 6.00. The predicted molar refractivity (Wildman–Crippen MR) is 129 cm³/mol. The highest BCUT2D eigenvalue weighted by atomic mass is 16.5. The molecule has 0 bridgehead atoms. The minimum absolute atomic E-state index is 0.0549. The van der Waals surface area contributed by atoms with Gasteiger partial charge in [0.1, 0.15) is 0 Å². The number of rotatable bonds is 6. The molecule has 1 heterocycles. The lowest BCUT2D eigenvalue weighted by atomic mass is 9.88. The van der Waals surface area contributed by atoms with E-state index in [0.717, 1.165) is 37.1 Å². The van der Waals surface area contributed by atoms with Gasteiger partial charge >= 0.3 is 6.09 Å². The molecule has 1 N–H and O–H groups in total. The number of benzene rings is 2. The molecule has 0 aromatic heterocycles. The Hall–Kier alpha value is -3.12. The monoisotopic (exact) mass is 435 g/mol.